The summed E-state index contributed by atoms with van der Waals surface area (Å²) in [6, 6.07) is 8.34. The van der Waals surface area contributed by atoms with Gasteiger partial charge in [-0.15, -0.1) is 10.2 Å². The average Bonchev–Trinajstić information content (AvgIpc) is 2.74. The summed E-state index contributed by atoms with van der Waals surface area (Å²) in [7, 11) is 0. The second kappa shape index (κ2) is 3.55. The lowest BCUT2D eigenvalue weighted by Gasteiger charge is -2.21. The Kier molecular flexibility index (Phi) is 2.15. The van der Waals surface area contributed by atoms with Crippen LogP contribution in [-0.4, -0.2) is 14.8 Å². The maximum Gasteiger partial charge on any atom is 0.168 e. The molecule has 0 aliphatic carbocycles. The normalized spacial score (nSPS) is 13.7. The first-order chi connectivity index (χ1) is 8.18. The number of hydrogen-bond donors (Lipinski definition) is 0. The van der Waals surface area contributed by atoms with Crippen LogP contribution in [-0.2, 0) is 6.42 Å². The van der Waals surface area contributed by atoms with Gasteiger partial charge in [0.1, 0.15) is 5.82 Å². The topological polar surface area (TPSA) is 30.7 Å². The molecule has 0 amide bonds. The molecule has 3 nitrogen and oxygen atoms in total. The van der Waals surface area contributed by atoms with E-state index in [-0.39, 0.29) is 0 Å². The van der Waals surface area contributed by atoms with E-state index in [9.17, 15) is 0 Å². The third kappa shape index (κ3) is 1.42. The van der Waals surface area contributed by atoms with Crippen LogP contribution in [0.4, 0.5) is 0 Å². The van der Waals surface area contributed by atoms with Crippen LogP contribution in [0.3, 0.4) is 0 Å². The molecule has 1 aliphatic rings. The average molecular weight is 225 g/mol. The van der Waals surface area contributed by atoms with Crippen molar-refractivity contribution in [3.05, 3.63) is 42.2 Å². The van der Waals surface area contributed by atoms with E-state index >= 15 is 0 Å². The van der Waals surface area contributed by atoms with Crippen molar-refractivity contribution < 1.29 is 0 Å². The summed E-state index contributed by atoms with van der Waals surface area (Å²) in [5.74, 6) is 2.29. The predicted molar refractivity (Wildman–Crippen MR) is 68.6 cm³/mol. The summed E-state index contributed by atoms with van der Waals surface area (Å²) in [6.45, 7) is 8.41. The predicted octanol–water partition coefficient (Wildman–Crippen LogP) is 3.10. The molecule has 0 saturated heterocycles. The summed E-state index contributed by atoms with van der Waals surface area (Å²) in [4.78, 5) is 0. The Labute approximate surface area is 101 Å². The maximum absolute atomic E-state index is 4.32. The van der Waals surface area contributed by atoms with Crippen molar-refractivity contribution in [1.82, 2.24) is 14.8 Å². The monoisotopic (exact) mass is 225 g/mol. The van der Waals surface area contributed by atoms with Crippen molar-refractivity contribution in [3.8, 4) is 11.4 Å². The number of nitrogens with zero attached hydrogens (tertiary/aromatic N) is 3. The van der Waals surface area contributed by atoms with Crippen LogP contribution < -0.4 is 0 Å². The van der Waals surface area contributed by atoms with E-state index in [1.165, 1.54) is 11.1 Å². The van der Waals surface area contributed by atoms with Gasteiger partial charge >= 0.3 is 0 Å². The number of allylic oxidation sites excluding steroid dienone is 1. The van der Waals surface area contributed by atoms with Gasteiger partial charge in [0, 0.05) is 23.6 Å². The zero-order valence-corrected chi connectivity index (χ0v) is 10.1. The van der Waals surface area contributed by atoms with Gasteiger partial charge in [-0.1, -0.05) is 44.7 Å². The zero-order chi connectivity index (χ0) is 12.0. The Balaban J connectivity index is 2.28. The molecule has 0 fully saturated rings. The SMILES string of the molecule is C=C1Cc2ccccc2-c2nnc(C(C)C)n21. The first-order valence-electron chi connectivity index (χ1n) is 5.90. The molecular weight excluding hydrogens is 210 g/mol. The second-order valence-corrected chi connectivity index (χ2v) is 4.77. The Morgan fingerprint density at radius 3 is 2.76 bits per heavy atom. The molecule has 0 N–H and O–H groups in total. The molecule has 0 radical (unpaired) electrons. The van der Waals surface area contributed by atoms with Gasteiger partial charge in [0.15, 0.2) is 5.82 Å². The smallest absolute Gasteiger partial charge is 0.168 e. The van der Waals surface area contributed by atoms with Crippen LogP contribution in [0.1, 0.15) is 31.2 Å². The van der Waals surface area contributed by atoms with Gasteiger partial charge in [0.25, 0.3) is 0 Å². The highest BCUT2D eigenvalue weighted by molar-refractivity contribution is 5.72. The van der Waals surface area contributed by atoms with Crippen molar-refractivity contribution in [2.45, 2.75) is 26.2 Å². The third-order valence-electron chi connectivity index (χ3n) is 3.17. The van der Waals surface area contributed by atoms with Crippen molar-refractivity contribution in [3.63, 3.8) is 0 Å². The first-order valence-corrected chi connectivity index (χ1v) is 5.90. The van der Waals surface area contributed by atoms with E-state index in [2.05, 4.69) is 53.4 Å². The van der Waals surface area contributed by atoms with Crippen LogP contribution in [0, 0.1) is 0 Å². The van der Waals surface area contributed by atoms with Crippen molar-refractivity contribution in [2.24, 2.45) is 0 Å². The van der Waals surface area contributed by atoms with Crippen molar-refractivity contribution in [1.29, 1.82) is 0 Å². The Morgan fingerprint density at radius 1 is 1.24 bits per heavy atom. The fraction of sp³-hybridized carbons (Fsp3) is 0.286. The number of rotatable bonds is 1. The minimum Gasteiger partial charge on any atom is -0.283 e. The summed E-state index contributed by atoms with van der Waals surface area (Å²) < 4.78 is 2.10. The van der Waals surface area contributed by atoms with Crippen LogP contribution in [0.15, 0.2) is 30.8 Å². The van der Waals surface area contributed by atoms with Crippen molar-refractivity contribution in [2.75, 3.05) is 0 Å². The van der Waals surface area contributed by atoms with E-state index in [0.717, 1.165) is 23.8 Å². The first kappa shape index (κ1) is 10.3. The molecule has 0 saturated carbocycles. The summed E-state index contributed by atoms with van der Waals surface area (Å²) >= 11 is 0. The second-order valence-electron chi connectivity index (χ2n) is 4.77. The standard InChI is InChI=1S/C14H15N3/c1-9(2)13-15-16-14-12-7-5-4-6-11(12)8-10(3)17(13)14/h4-7,9H,3,8H2,1-2H3. The zero-order valence-electron chi connectivity index (χ0n) is 10.1. The molecule has 86 valence electrons. The van der Waals surface area contributed by atoms with Crippen LogP contribution in [0.5, 0.6) is 0 Å². The van der Waals surface area contributed by atoms with E-state index < -0.39 is 0 Å². The molecule has 1 aliphatic heterocycles. The Bertz CT molecular complexity index is 593. The molecule has 17 heavy (non-hydrogen) atoms. The van der Waals surface area contributed by atoms with Crippen LogP contribution >= 0.6 is 0 Å². The summed E-state index contributed by atoms with van der Waals surface area (Å²) in [6.07, 6.45) is 0.876. The fourth-order valence-electron chi connectivity index (χ4n) is 2.35. The van der Waals surface area contributed by atoms with Gasteiger partial charge in [0.05, 0.1) is 0 Å². The quantitative estimate of drug-likeness (QED) is 0.746. The molecule has 0 spiro atoms. The number of fused-ring (bicyclic) bond motifs is 3. The van der Waals surface area contributed by atoms with E-state index in [0.29, 0.717) is 5.92 Å². The molecule has 2 aromatic rings. The summed E-state index contributed by atoms with van der Waals surface area (Å²) in [5.41, 5.74) is 3.53. The molecule has 0 bridgehead atoms. The lowest BCUT2D eigenvalue weighted by molar-refractivity contribution is 0.745. The van der Waals surface area contributed by atoms with E-state index in [1.807, 2.05) is 6.07 Å². The van der Waals surface area contributed by atoms with Gasteiger partial charge in [-0.3, -0.25) is 4.57 Å². The van der Waals surface area contributed by atoms with E-state index in [1.54, 1.807) is 0 Å². The highest BCUT2D eigenvalue weighted by Crippen LogP contribution is 2.34. The number of aromatic nitrogens is 3. The minimum absolute atomic E-state index is 0.360. The number of hydrogen-bond acceptors (Lipinski definition) is 2. The lowest BCUT2D eigenvalue weighted by atomic mass is 9.98. The van der Waals surface area contributed by atoms with Gasteiger partial charge in [-0.05, 0) is 5.56 Å². The minimum atomic E-state index is 0.360. The highest BCUT2D eigenvalue weighted by Gasteiger charge is 2.24. The molecule has 0 unspecified atom stereocenters. The van der Waals surface area contributed by atoms with Gasteiger partial charge in [-0.2, -0.15) is 0 Å². The Morgan fingerprint density at radius 2 is 2.00 bits per heavy atom. The molecule has 3 rings (SSSR count). The third-order valence-corrected chi connectivity index (χ3v) is 3.17. The van der Waals surface area contributed by atoms with Gasteiger partial charge in [0.2, 0.25) is 0 Å². The Hall–Kier alpha value is -1.90. The van der Waals surface area contributed by atoms with Gasteiger partial charge in [-0.25, -0.2) is 0 Å². The molecule has 3 heteroatoms. The molecule has 1 aromatic carbocycles. The maximum atomic E-state index is 4.32. The lowest BCUT2D eigenvalue weighted by Crippen LogP contribution is -2.12. The van der Waals surface area contributed by atoms with Crippen molar-refractivity contribution >= 4 is 5.70 Å². The number of benzene rings is 1. The molecule has 1 aromatic heterocycles. The molecule has 2 heterocycles. The largest absolute Gasteiger partial charge is 0.283 e. The molecule has 0 atom stereocenters. The summed E-state index contributed by atoms with van der Waals surface area (Å²) in [5, 5.41) is 8.62. The fourth-order valence-corrected chi connectivity index (χ4v) is 2.35. The van der Waals surface area contributed by atoms with Crippen LogP contribution in [0.25, 0.3) is 17.1 Å². The molecular formula is C14H15N3. The van der Waals surface area contributed by atoms with Crippen LogP contribution in [0.2, 0.25) is 0 Å². The van der Waals surface area contributed by atoms with Gasteiger partial charge < -0.3 is 0 Å². The highest BCUT2D eigenvalue weighted by atomic mass is 15.3. The van der Waals surface area contributed by atoms with E-state index in [4.69, 9.17) is 0 Å².